The molecule has 0 aliphatic carbocycles. The molecular formula is C18H15IN2O3S. The lowest BCUT2D eigenvalue weighted by atomic mass is 10.2. The van der Waals surface area contributed by atoms with Gasteiger partial charge in [-0.25, -0.2) is 0 Å². The maximum absolute atomic E-state index is 12.6. The van der Waals surface area contributed by atoms with E-state index in [0.29, 0.717) is 10.4 Å². The van der Waals surface area contributed by atoms with Gasteiger partial charge in [0, 0.05) is 3.57 Å². The molecule has 1 aromatic heterocycles. The number of para-hydroxylation sites is 1. The molecule has 0 fully saturated rings. The fourth-order valence-electron chi connectivity index (χ4n) is 2.51. The van der Waals surface area contributed by atoms with Gasteiger partial charge in [0.05, 0.1) is 22.9 Å². The van der Waals surface area contributed by atoms with Crippen LogP contribution in [0.1, 0.15) is 15.9 Å². The van der Waals surface area contributed by atoms with E-state index in [-0.39, 0.29) is 18.4 Å². The van der Waals surface area contributed by atoms with Crippen LogP contribution < -0.4 is 4.80 Å². The van der Waals surface area contributed by atoms with Gasteiger partial charge in [0.25, 0.3) is 5.91 Å². The van der Waals surface area contributed by atoms with Crippen LogP contribution >= 0.6 is 33.9 Å². The van der Waals surface area contributed by atoms with Crippen LogP contribution in [-0.4, -0.2) is 23.6 Å². The number of esters is 1. The lowest BCUT2D eigenvalue weighted by Crippen LogP contribution is -2.22. The Hall–Kier alpha value is -2.00. The van der Waals surface area contributed by atoms with Crippen LogP contribution in [0.4, 0.5) is 0 Å². The van der Waals surface area contributed by atoms with Gasteiger partial charge in [-0.2, -0.15) is 4.99 Å². The summed E-state index contributed by atoms with van der Waals surface area (Å²) < 4.78 is 8.35. The van der Waals surface area contributed by atoms with Crippen molar-refractivity contribution < 1.29 is 14.3 Å². The molecule has 0 spiro atoms. The van der Waals surface area contributed by atoms with E-state index in [1.54, 1.807) is 10.6 Å². The summed E-state index contributed by atoms with van der Waals surface area (Å²) >= 11 is 3.50. The molecule has 0 aliphatic heterocycles. The second-order valence-electron chi connectivity index (χ2n) is 5.37. The Labute approximate surface area is 162 Å². The van der Waals surface area contributed by atoms with Crippen LogP contribution in [0.2, 0.25) is 0 Å². The highest BCUT2D eigenvalue weighted by molar-refractivity contribution is 14.1. The SMILES string of the molecule is COC(=O)Cn1c(=NC(=O)c2ccccc2I)sc2cccc(C)c21. The molecule has 0 bridgehead atoms. The molecule has 0 atom stereocenters. The first kappa shape index (κ1) is 17.8. The summed E-state index contributed by atoms with van der Waals surface area (Å²) in [6, 6.07) is 13.2. The number of hydrogen-bond acceptors (Lipinski definition) is 4. The van der Waals surface area contributed by atoms with Gasteiger partial charge in [0.15, 0.2) is 4.80 Å². The Bertz CT molecular complexity index is 1040. The predicted molar refractivity (Wildman–Crippen MR) is 106 cm³/mol. The van der Waals surface area contributed by atoms with Crippen molar-refractivity contribution in [2.45, 2.75) is 13.5 Å². The van der Waals surface area contributed by atoms with Crippen LogP contribution in [0.15, 0.2) is 47.5 Å². The van der Waals surface area contributed by atoms with Gasteiger partial charge in [-0.3, -0.25) is 9.59 Å². The number of hydrogen-bond donors (Lipinski definition) is 0. The molecule has 7 heteroatoms. The minimum absolute atomic E-state index is 0.0132. The van der Waals surface area contributed by atoms with Gasteiger partial charge in [0.1, 0.15) is 6.54 Å². The quantitative estimate of drug-likeness (QED) is 0.439. The Morgan fingerprint density at radius 1 is 1.20 bits per heavy atom. The van der Waals surface area contributed by atoms with Gasteiger partial charge in [-0.15, -0.1) is 0 Å². The summed E-state index contributed by atoms with van der Waals surface area (Å²) in [6.07, 6.45) is 0. The molecule has 1 amide bonds. The molecule has 25 heavy (non-hydrogen) atoms. The first-order valence-corrected chi connectivity index (χ1v) is 9.40. The summed E-state index contributed by atoms with van der Waals surface area (Å²) in [5, 5.41) is 0. The van der Waals surface area contributed by atoms with Crippen molar-refractivity contribution in [1.82, 2.24) is 4.57 Å². The largest absolute Gasteiger partial charge is 0.468 e. The standard InChI is InChI=1S/C18H15IN2O3S/c1-11-6-5-9-14-16(11)21(10-15(22)24-2)18(25-14)20-17(23)12-7-3-4-8-13(12)19/h3-9H,10H2,1-2H3. The third-order valence-electron chi connectivity index (χ3n) is 3.72. The number of halogens is 1. The molecular weight excluding hydrogens is 451 g/mol. The van der Waals surface area contributed by atoms with Gasteiger partial charge < -0.3 is 9.30 Å². The molecule has 0 saturated carbocycles. The Morgan fingerprint density at radius 2 is 1.96 bits per heavy atom. The fourth-order valence-corrected chi connectivity index (χ4v) is 4.24. The average molecular weight is 466 g/mol. The molecule has 3 rings (SSSR count). The maximum Gasteiger partial charge on any atom is 0.325 e. The lowest BCUT2D eigenvalue weighted by Gasteiger charge is -2.05. The number of thiazole rings is 1. The molecule has 1 heterocycles. The Balaban J connectivity index is 2.19. The zero-order valence-corrected chi connectivity index (χ0v) is 16.6. The number of fused-ring (bicyclic) bond motifs is 1. The zero-order chi connectivity index (χ0) is 18.0. The first-order valence-electron chi connectivity index (χ1n) is 7.50. The highest BCUT2D eigenvalue weighted by atomic mass is 127. The molecule has 128 valence electrons. The number of carbonyl (C=O) groups excluding carboxylic acids is 2. The third-order valence-corrected chi connectivity index (χ3v) is 5.70. The van der Waals surface area contributed by atoms with Crippen molar-refractivity contribution in [3.63, 3.8) is 0 Å². The van der Waals surface area contributed by atoms with E-state index >= 15 is 0 Å². The summed E-state index contributed by atoms with van der Waals surface area (Å²) in [7, 11) is 1.35. The van der Waals surface area contributed by atoms with Crippen molar-refractivity contribution in [3.8, 4) is 0 Å². The van der Waals surface area contributed by atoms with Gasteiger partial charge >= 0.3 is 5.97 Å². The monoisotopic (exact) mass is 466 g/mol. The second-order valence-corrected chi connectivity index (χ2v) is 7.54. The van der Waals surface area contributed by atoms with Gasteiger partial charge in [0.2, 0.25) is 0 Å². The van der Waals surface area contributed by atoms with Gasteiger partial charge in [-0.05, 0) is 53.3 Å². The van der Waals surface area contributed by atoms with Crippen LogP contribution in [-0.2, 0) is 16.1 Å². The van der Waals surface area contributed by atoms with Crippen molar-refractivity contribution in [2.75, 3.05) is 7.11 Å². The van der Waals surface area contributed by atoms with Crippen molar-refractivity contribution in [2.24, 2.45) is 4.99 Å². The smallest absolute Gasteiger partial charge is 0.325 e. The molecule has 5 nitrogen and oxygen atoms in total. The molecule has 3 aromatic rings. The normalized spacial score (nSPS) is 11.7. The van der Waals surface area contributed by atoms with Crippen LogP contribution in [0.3, 0.4) is 0 Å². The number of rotatable bonds is 3. The van der Waals surface area contributed by atoms with E-state index in [9.17, 15) is 9.59 Å². The van der Waals surface area contributed by atoms with Crippen molar-refractivity contribution in [1.29, 1.82) is 0 Å². The van der Waals surface area contributed by atoms with E-state index in [1.807, 2.05) is 43.3 Å². The number of nitrogens with zero attached hydrogens (tertiary/aromatic N) is 2. The van der Waals surface area contributed by atoms with E-state index in [0.717, 1.165) is 19.4 Å². The molecule has 0 aliphatic rings. The third kappa shape index (κ3) is 3.67. The highest BCUT2D eigenvalue weighted by Gasteiger charge is 2.14. The second kappa shape index (κ2) is 7.49. The van der Waals surface area contributed by atoms with E-state index in [2.05, 4.69) is 27.6 Å². The maximum atomic E-state index is 12.6. The van der Waals surface area contributed by atoms with Crippen LogP contribution in [0.5, 0.6) is 0 Å². The number of ether oxygens (including phenoxy) is 1. The highest BCUT2D eigenvalue weighted by Crippen LogP contribution is 2.21. The minimum Gasteiger partial charge on any atom is -0.468 e. The zero-order valence-electron chi connectivity index (χ0n) is 13.7. The predicted octanol–water partition coefficient (Wildman–Crippen LogP) is 3.53. The summed E-state index contributed by atoms with van der Waals surface area (Å²) in [4.78, 5) is 29.2. The molecule has 0 radical (unpaired) electrons. The van der Waals surface area contributed by atoms with Gasteiger partial charge in [-0.1, -0.05) is 35.6 Å². The number of amides is 1. The van der Waals surface area contributed by atoms with Crippen LogP contribution in [0, 0.1) is 10.5 Å². The van der Waals surface area contributed by atoms with Crippen molar-refractivity contribution >= 4 is 56.0 Å². The Kier molecular flexibility index (Phi) is 5.33. The summed E-state index contributed by atoms with van der Waals surface area (Å²) in [5.74, 6) is -0.709. The number of aryl methyl sites for hydroxylation is 1. The van der Waals surface area contributed by atoms with Crippen LogP contribution in [0.25, 0.3) is 10.2 Å². The number of methoxy groups -OCH3 is 1. The number of aromatic nitrogens is 1. The van der Waals surface area contributed by atoms with E-state index in [4.69, 9.17) is 4.74 Å². The molecule has 2 aromatic carbocycles. The first-order chi connectivity index (χ1) is 12.0. The lowest BCUT2D eigenvalue weighted by molar-refractivity contribution is -0.141. The topological polar surface area (TPSA) is 60.7 Å². The minimum atomic E-state index is -0.383. The summed E-state index contributed by atoms with van der Waals surface area (Å²) in [5.41, 5.74) is 2.45. The van der Waals surface area contributed by atoms with Crippen molar-refractivity contribution in [3.05, 3.63) is 62.0 Å². The average Bonchev–Trinajstić information content (AvgIpc) is 2.93. The van der Waals surface area contributed by atoms with E-state index in [1.165, 1.54) is 18.4 Å². The molecule has 0 unspecified atom stereocenters. The summed E-state index contributed by atoms with van der Waals surface area (Å²) in [6.45, 7) is 1.98. The number of benzene rings is 2. The molecule has 0 N–H and O–H groups in total. The molecule has 0 saturated heterocycles. The number of carbonyl (C=O) groups is 2. The fraction of sp³-hybridized carbons (Fsp3) is 0.167. The Morgan fingerprint density at radius 3 is 2.68 bits per heavy atom. The van der Waals surface area contributed by atoms with E-state index < -0.39 is 0 Å².